The van der Waals surface area contributed by atoms with Gasteiger partial charge in [-0.15, -0.1) is 0 Å². The van der Waals surface area contributed by atoms with Crippen molar-refractivity contribution in [1.29, 1.82) is 0 Å². The summed E-state index contributed by atoms with van der Waals surface area (Å²) in [4.78, 5) is 4.09. The van der Waals surface area contributed by atoms with Gasteiger partial charge in [-0.3, -0.25) is 9.40 Å². The van der Waals surface area contributed by atoms with Crippen LogP contribution in [0.4, 0.5) is 11.5 Å². The largest absolute Gasteiger partial charge is 0.373 e. The minimum absolute atomic E-state index is 0.105. The molecule has 2 aromatic heterocycles. The molecule has 0 saturated heterocycles. The highest BCUT2D eigenvalue weighted by Crippen LogP contribution is 2.17. The molecule has 0 atom stereocenters. The summed E-state index contributed by atoms with van der Waals surface area (Å²) in [5, 5.41) is 6.92. The topological polar surface area (TPSA) is 88.9 Å². The number of hydrogen-bond acceptors (Lipinski definition) is 5. The summed E-state index contributed by atoms with van der Waals surface area (Å²) in [6.07, 6.45) is 4.44. The third-order valence-electron chi connectivity index (χ3n) is 2.69. The van der Waals surface area contributed by atoms with Crippen molar-refractivity contribution in [2.45, 2.75) is 24.8 Å². The van der Waals surface area contributed by atoms with Gasteiger partial charge in [0.05, 0.1) is 11.9 Å². The minimum atomic E-state index is -3.64. The van der Waals surface area contributed by atoms with E-state index in [1.807, 2.05) is 13.8 Å². The first-order chi connectivity index (χ1) is 9.42. The van der Waals surface area contributed by atoms with Crippen molar-refractivity contribution in [1.82, 2.24) is 14.8 Å². The number of nitrogens with zero attached hydrogens (tertiary/aromatic N) is 3. The van der Waals surface area contributed by atoms with Gasteiger partial charge in [0.15, 0.2) is 0 Å². The van der Waals surface area contributed by atoms with Gasteiger partial charge in [-0.2, -0.15) is 5.10 Å². The first kappa shape index (κ1) is 14.3. The molecule has 0 saturated carbocycles. The van der Waals surface area contributed by atoms with E-state index in [1.54, 1.807) is 24.0 Å². The Bertz CT molecular complexity index is 676. The predicted octanol–water partition coefficient (Wildman–Crippen LogP) is 1.70. The van der Waals surface area contributed by atoms with Gasteiger partial charge in [-0.1, -0.05) is 0 Å². The molecule has 0 spiro atoms. The smallest absolute Gasteiger partial charge is 0.263 e. The van der Waals surface area contributed by atoms with Crippen LogP contribution in [-0.2, 0) is 10.0 Å². The summed E-state index contributed by atoms with van der Waals surface area (Å²) in [6, 6.07) is 3.27. The lowest BCUT2D eigenvalue weighted by Gasteiger charge is -2.07. The van der Waals surface area contributed by atoms with Crippen LogP contribution in [0.2, 0.25) is 0 Å². The summed E-state index contributed by atoms with van der Waals surface area (Å²) >= 11 is 0. The second kappa shape index (κ2) is 5.49. The second-order valence-electron chi connectivity index (χ2n) is 4.54. The van der Waals surface area contributed by atoms with Crippen LogP contribution in [0.15, 0.2) is 35.6 Å². The zero-order valence-electron chi connectivity index (χ0n) is 11.5. The number of sulfonamides is 1. The molecule has 8 heteroatoms. The molecule has 0 fully saturated rings. The lowest BCUT2D eigenvalue weighted by atomic mass is 10.4. The van der Waals surface area contributed by atoms with Crippen molar-refractivity contribution in [3.63, 3.8) is 0 Å². The van der Waals surface area contributed by atoms with Crippen molar-refractivity contribution >= 4 is 21.5 Å². The molecule has 0 aliphatic carbocycles. The van der Waals surface area contributed by atoms with Gasteiger partial charge < -0.3 is 5.32 Å². The van der Waals surface area contributed by atoms with E-state index in [4.69, 9.17) is 0 Å². The lowest BCUT2D eigenvalue weighted by Crippen LogP contribution is -2.13. The Morgan fingerprint density at radius 3 is 2.50 bits per heavy atom. The van der Waals surface area contributed by atoms with Crippen LogP contribution in [0, 0.1) is 0 Å². The number of rotatable bonds is 5. The van der Waals surface area contributed by atoms with E-state index >= 15 is 0 Å². The molecule has 0 radical (unpaired) electrons. The zero-order chi connectivity index (χ0) is 14.8. The molecule has 0 bridgehead atoms. The van der Waals surface area contributed by atoms with Crippen LogP contribution in [0.1, 0.15) is 19.9 Å². The Balaban J connectivity index is 2.21. The Kier molecular flexibility index (Phi) is 3.93. The Morgan fingerprint density at radius 2 is 2.00 bits per heavy atom. The lowest BCUT2D eigenvalue weighted by molar-refractivity contribution is 0.532. The van der Waals surface area contributed by atoms with Gasteiger partial charge in [0.1, 0.15) is 10.7 Å². The zero-order valence-corrected chi connectivity index (χ0v) is 12.3. The predicted molar refractivity (Wildman–Crippen MR) is 77.2 cm³/mol. The summed E-state index contributed by atoms with van der Waals surface area (Å²) in [7, 11) is -1.93. The average molecular weight is 295 g/mol. The molecule has 2 N–H and O–H groups in total. The molecule has 0 aliphatic rings. The van der Waals surface area contributed by atoms with Crippen LogP contribution in [-0.4, -0.2) is 30.2 Å². The van der Waals surface area contributed by atoms with E-state index in [2.05, 4.69) is 20.1 Å². The highest BCUT2D eigenvalue weighted by atomic mass is 32.2. The van der Waals surface area contributed by atoms with Gasteiger partial charge in [0, 0.05) is 25.5 Å². The number of aromatic nitrogens is 3. The van der Waals surface area contributed by atoms with Crippen LogP contribution < -0.4 is 10.0 Å². The van der Waals surface area contributed by atoms with Gasteiger partial charge in [0.25, 0.3) is 10.0 Å². The maximum absolute atomic E-state index is 12.2. The van der Waals surface area contributed by atoms with E-state index < -0.39 is 10.0 Å². The highest BCUT2D eigenvalue weighted by molar-refractivity contribution is 7.92. The van der Waals surface area contributed by atoms with Gasteiger partial charge >= 0.3 is 0 Å². The van der Waals surface area contributed by atoms with Crippen LogP contribution >= 0.6 is 0 Å². The van der Waals surface area contributed by atoms with Gasteiger partial charge in [-0.05, 0) is 26.0 Å². The molecule has 0 unspecified atom stereocenters. The third kappa shape index (κ3) is 3.08. The van der Waals surface area contributed by atoms with Crippen LogP contribution in [0.25, 0.3) is 0 Å². The fraction of sp³-hybridized carbons (Fsp3) is 0.333. The molecular formula is C12H17N5O2S. The SMILES string of the molecule is CNc1ccc(S(=O)(=O)Nc2cnn(C(C)C)c2)cn1. The van der Waals surface area contributed by atoms with E-state index in [0.29, 0.717) is 11.5 Å². The van der Waals surface area contributed by atoms with Crippen LogP contribution in [0.5, 0.6) is 0 Å². The summed E-state index contributed by atoms with van der Waals surface area (Å²) in [5.41, 5.74) is 0.427. The molecule has 7 nitrogen and oxygen atoms in total. The van der Waals surface area contributed by atoms with Crippen molar-refractivity contribution in [3.05, 3.63) is 30.7 Å². The van der Waals surface area contributed by atoms with Gasteiger partial charge in [-0.25, -0.2) is 13.4 Å². The number of pyridine rings is 1. The Labute approximate surface area is 118 Å². The van der Waals surface area contributed by atoms with Crippen LogP contribution in [0.3, 0.4) is 0 Å². The third-order valence-corrected chi connectivity index (χ3v) is 4.05. The fourth-order valence-corrected chi connectivity index (χ4v) is 2.55. The molecule has 0 amide bonds. The molecule has 2 heterocycles. The second-order valence-corrected chi connectivity index (χ2v) is 6.22. The van der Waals surface area contributed by atoms with E-state index in [-0.39, 0.29) is 10.9 Å². The summed E-state index contributed by atoms with van der Waals surface area (Å²) in [6.45, 7) is 3.93. The monoisotopic (exact) mass is 295 g/mol. The standard InChI is InChI=1S/C12H17N5O2S/c1-9(2)17-8-10(6-15-17)16-20(18,19)11-4-5-12(13-3)14-7-11/h4-9,16H,1-3H3,(H,13,14). The van der Waals surface area contributed by atoms with Crippen molar-refractivity contribution in [2.75, 3.05) is 17.1 Å². The molecule has 2 rings (SSSR count). The fourth-order valence-electron chi connectivity index (χ4n) is 1.57. The molecule has 2 aromatic rings. The average Bonchev–Trinajstić information content (AvgIpc) is 2.87. The Hall–Kier alpha value is -2.09. The number of anilines is 2. The molecule has 0 aromatic carbocycles. The maximum Gasteiger partial charge on any atom is 0.263 e. The summed E-state index contributed by atoms with van der Waals surface area (Å²) < 4.78 is 28.5. The van der Waals surface area contributed by atoms with Crippen molar-refractivity contribution in [2.24, 2.45) is 0 Å². The van der Waals surface area contributed by atoms with Crippen molar-refractivity contribution < 1.29 is 8.42 Å². The highest BCUT2D eigenvalue weighted by Gasteiger charge is 2.15. The quantitative estimate of drug-likeness (QED) is 0.876. The number of hydrogen-bond donors (Lipinski definition) is 2. The summed E-state index contributed by atoms with van der Waals surface area (Å²) in [5.74, 6) is 0.608. The van der Waals surface area contributed by atoms with E-state index in [1.165, 1.54) is 18.5 Å². The minimum Gasteiger partial charge on any atom is -0.373 e. The molecular weight excluding hydrogens is 278 g/mol. The van der Waals surface area contributed by atoms with Crippen molar-refractivity contribution in [3.8, 4) is 0 Å². The molecule has 20 heavy (non-hydrogen) atoms. The first-order valence-corrected chi connectivity index (χ1v) is 7.61. The van der Waals surface area contributed by atoms with E-state index in [9.17, 15) is 8.42 Å². The number of nitrogens with one attached hydrogen (secondary N) is 2. The maximum atomic E-state index is 12.2. The molecule has 0 aliphatic heterocycles. The normalized spacial score (nSPS) is 11.6. The van der Waals surface area contributed by atoms with Gasteiger partial charge in [0.2, 0.25) is 0 Å². The first-order valence-electron chi connectivity index (χ1n) is 6.13. The molecule has 108 valence electrons. The Morgan fingerprint density at radius 1 is 1.25 bits per heavy atom. The van der Waals surface area contributed by atoms with E-state index in [0.717, 1.165) is 0 Å².